The van der Waals surface area contributed by atoms with Crippen LogP contribution >= 0.6 is 0 Å². The molecule has 0 aromatic heterocycles. The molecule has 0 aliphatic heterocycles. The van der Waals surface area contributed by atoms with Gasteiger partial charge in [-0.25, -0.2) is 0 Å². The van der Waals surface area contributed by atoms with E-state index < -0.39 is 18.3 Å². The zero-order chi connectivity index (χ0) is 15.8. The molecular formula is C16H29O3Ti. The summed E-state index contributed by atoms with van der Waals surface area (Å²) in [4.78, 5) is 0. The summed E-state index contributed by atoms with van der Waals surface area (Å²) in [6, 6.07) is 10.3. The Morgan fingerprint density at radius 1 is 0.650 bits per heavy atom. The van der Waals surface area contributed by atoms with E-state index in [9.17, 15) is 15.3 Å². The summed E-state index contributed by atoms with van der Waals surface area (Å²) < 4.78 is 0. The molecule has 0 fully saturated rings. The minimum Gasteiger partial charge on any atom is -0.852 e. The zero-order valence-corrected chi connectivity index (χ0v) is 15.4. The Balaban J connectivity index is -0.0000000881. The fraction of sp³-hybridized carbons (Fsp3) is 0.625. The topological polar surface area (TPSA) is 69.2 Å². The van der Waals surface area contributed by atoms with Crippen LogP contribution in [0.4, 0.5) is 0 Å². The predicted octanol–water partition coefficient (Wildman–Crippen LogP) is 1.26. The van der Waals surface area contributed by atoms with E-state index in [1.165, 1.54) is 5.56 Å². The van der Waals surface area contributed by atoms with Crippen molar-refractivity contribution in [3.63, 3.8) is 0 Å². The Bertz CT molecular complexity index is 227. The SMILES string of the molecule is CC(C)[O-].CC(C)[O-].CC(C)[O-].Cc1ccccc1.[Ti+3]. The van der Waals surface area contributed by atoms with E-state index in [0.29, 0.717) is 0 Å². The predicted molar refractivity (Wildman–Crippen MR) is 76.6 cm³/mol. The van der Waals surface area contributed by atoms with Gasteiger partial charge in [0.25, 0.3) is 0 Å². The van der Waals surface area contributed by atoms with E-state index in [-0.39, 0.29) is 21.7 Å². The molecule has 0 atom stereocenters. The molecule has 115 valence electrons. The monoisotopic (exact) mass is 317 g/mol. The molecule has 0 unspecified atom stereocenters. The van der Waals surface area contributed by atoms with Crippen molar-refractivity contribution in [3.05, 3.63) is 35.9 Å². The van der Waals surface area contributed by atoms with Crippen LogP contribution < -0.4 is 15.3 Å². The van der Waals surface area contributed by atoms with Crippen molar-refractivity contribution >= 4 is 0 Å². The van der Waals surface area contributed by atoms with Crippen LogP contribution in [0.3, 0.4) is 0 Å². The zero-order valence-electron chi connectivity index (χ0n) is 13.8. The van der Waals surface area contributed by atoms with Crippen LogP contribution in [0.5, 0.6) is 0 Å². The van der Waals surface area contributed by atoms with Crippen molar-refractivity contribution in [1.29, 1.82) is 0 Å². The van der Waals surface area contributed by atoms with Crippen molar-refractivity contribution in [2.45, 2.75) is 66.8 Å². The summed E-state index contributed by atoms with van der Waals surface area (Å²) in [6.07, 6.45) is -1.25. The van der Waals surface area contributed by atoms with Gasteiger partial charge in [-0.3, -0.25) is 0 Å². The Labute approximate surface area is 139 Å². The minimum atomic E-state index is -0.417. The second kappa shape index (κ2) is 21.1. The van der Waals surface area contributed by atoms with Crippen LogP contribution in [0.15, 0.2) is 30.3 Å². The van der Waals surface area contributed by atoms with Crippen LogP contribution in [0, 0.1) is 6.92 Å². The molecule has 0 aliphatic carbocycles. The molecule has 20 heavy (non-hydrogen) atoms. The normalized spacial score (nSPS) is 8.45. The third-order valence-corrected chi connectivity index (χ3v) is 0.940. The Hall–Kier alpha value is -0.186. The molecule has 0 saturated heterocycles. The summed E-state index contributed by atoms with van der Waals surface area (Å²) in [5.41, 5.74) is 1.32. The molecule has 0 heterocycles. The van der Waals surface area contributed by atoms with Gasteiger partial charge in [-0.1, -0.05) is 77.4 Å². The van der Waals surface area contributed by atoms with Gasteiger partial charge >= 0.3 is 21.7 Å². The Kier molecular flexibility index (Phi) is 29.6. The molecule has 0 amide bonds. The fourth-order valence-corrected chi connectivity index (χ4v) is 0.534. The average molecular weight is 317 g/mol. The van der Waals surface area contributed by atoms with E-state index in [1.807, 2.05) is 18.2 Å². The van der Waals surface area contributed by atoms with Crippen LogP contribution in [0.2, 0.25) is 0 Å². The summed E-state index contributed by atoms with van der Waals surface area (Å²) in [5.74, 6) is 0. The van der Waals surface area contributed by atoms with Crippen LogP contribution in [-0.2, 0) is 21.7 Å². The fourth-order valence-electron chi connectivity index (χ4n) is 0.534. The summed E-state index contributed by atoms with van der Waals surface area (Å²) in [6.45, 7) is 11.8. The number of hydrogen-bond acceptors (Lipinski definition) is 3. The minimum absolute atomic E-state index is 0. The van der Waals surface area contributed by atoms with E-state index in [1.54, 1.807) is 41.5 Å². The maximum absolute atomic E-state index is 9.53. The third-order valence-electron chi connectivity index (χ3n) is 0.940. The van der Waals surface area contributed by atoms with Crippen molar-refractivity contribution in [3.8, 4) is 0 Å². The molecule has 0 bridgehead atoms. The second-order valence-corrected chi connectivity index (χ2v) is 4.80. The number of rotatable bonds is 0. The first kappa shape index (κ1) is 28.0. The molecule has 1 aromatic rings. The second-order valence-electron chi connectivity index (χ2n) is 4.80. The van der Waals surface area contributed by atoms with Crippen molar-refractivity contribution < 1.29 is 37.0 Å². The number of hydrogen-bond donors (Lipinski definition) is 0. The van der Waals surface area contributed by atoms with Gasteiger partial charge < -0.3 is 15.3 Å². The van der Waals surface area contributed by atoms with E-state index >= 15 is 0 Å². The average Bonchev–Trinajstić information content (AvgIpc) is 2.15. The van der Waals surface area contributed by atoms with Crippen molar-refractivity contribution in [2.24, 2.45) is 0 Å². The van der Waals surface area contributed by atoms with E-state index in [4.69, 9.17) is 0 Å². The third kappa shape index (κ3) is 82.5. The van der Waals surface area contributed by atoms with Crippen LogP contribution in [0.25, 0.3) is 0 Å². The number of benzene rings is 1. The smallest absolute Gasteiger partial charge is 0.852 e. The van der Waals surface area contributed by atoms with Gasteiger partial charge in [0.15, 0.2) is 0 Å². The standard InChI is InChI=1S/C7H8.3C3H7O.Ti/c1-7-5-3-2-4-6-7;3*1-3(2)4;/h2-6H,1H3;3*3H,1-2H3;/q;3*-1;+3. The molecule has 1 radical (unpaired) electrons. The number of aryl methyl sites for hydroxylation is 1. The van der Waals surface area contributed by atoms with Gasteiger partial charge in [0, 0.05) is 0 Å². The molecule has 1 rings (SSSR count). The van der Waals surface area contributed by atoms with Gasteiger partial charge in [0.1, 0.15) is 0 Å². The van der Waals surface area contributed by atoms with Crippen molar-refractivity contribution in [1.82, 2.24) is 0 Å². The summed E-state index contributed by atoms with van der Waals surface area (Å²) >= 11 is 0. The molecule has 0 spiro atoms. The van der Waals surface area contributed by atoms with Gasteiger partial charge in [-0.15, -0.1) is 18.3 Å². The van der Waals surface area contributed by atoms with Gasteiger partial charge in [-0.05, 0) is 6.92 Å². The summed E-state index contributed by atoms with van der Waals surface area (Å²) in [7, 11) is 0. The Morgan fingerprint density at radius 2 is 0.850 bits per heavy atom. The van der Waals surface area contributed by atoms with Gasteiger partial charge in [0.05, 0.1) is 0 Å². The van der Waals surface area contributed by atoms with Crippen LogP contribution in [-0.4, -0.2) is 18.3 Å². The largest absolute Gasteiger partial charge is 3.00 e. The first-order valence-electron chi connectivity index (χ1n) is 6.58. The van der Waals surface area contributed by atoms with Crippen molar-refractivity contribution in [2.75, 3.05) is 0 Å². The first-order valence-corrected chi connectivity index (χ1v) is 6.58. The van der Waals surface area contributed by atoms with E-state index in [0.717, 1.165) is 0 Å². The van der Waals surface area contributed by atoms with Crippen LogP contribution in [0.1, 0.15) is 47.1 Å². The van der Waals surface area contributed by atoms with Gasteiger partial charge in [-0.2, -0.15) is 0 Å². The molecule has 0 saturated carbocycles. The maximum Gasteiger partial charge on any atom is 3.00 e. The first-order chi connectivity index (χ1) is 8.59. The molecular weight excluding hydrogens is 288 g/mol. The maximum atomic E-state index is 9.53. The molecule has 0 N–H and O–H groups in total. The van der Waals surface area contributed by atoms with E-state index in [2.05, 4.69) is 19.1 Å². The Morgan fingerprint density at radius 3 is 0.950 bits per heavy atom. The summed E-state index contributed by atoms with van der Waals surface area (Å²) in [5, 5.41) is 28.6. The van der Waals surface area contributed by atoms with Gasteiger partial charge in [0.2, 0.25) is 0 Å². The molecule has 4 heteroatoms. The molecule has 1 aromatic carbocycles. The molecule has 3 nitrogen and oxygen atoms in total. The quantitative estimate of drug-likeness (QED) is 0.676. The molecule has 0 aliphatic rings.